The maximum atomic E-state index is 13.1. The Morgan fingerprint density at radius 2 is 2.09 bits per heavy atom. The molecule has 124 valence electrons. The van der Waals surface area contributed by atoms with E-state index in [1.54, 1.807) is 12.1 Å². The minimum Gasteiger partial charge on any atom is -0.444 e. The molecule has 4 nitrogen and oxygen atoms in total. The molecular formula is C16H24ClFN2O2. The van der Waals surface area contributed by atoms with E-state index >= 15 is 0 Å². The lowest BCUT2D eigenvalue weighted by Gasteiger charge is -2.23. The number of hydrogen-bond donors (Lipinski definition) is 2. The second-order valence-electron chi connectivity index (χ2n) is 6.13. The van der Waals surface area contributed by atoms with Gasteiger partial charge in [-0.15, -0.1) is 0 Å². The van der Waals surface area contributed by atoms with Crippen molar-refractivity contribution in [2.45, 2.75) is 52.3 Å². The second-order valence-corrected chi connectivity index (χ2v) is 6.54. The SMILES string of the molecule is CCC(CNCc1ccc(F)c(Cl)c1)NC(=O)OC(C)(C)C. The Labute approximate surface area is 136 Å². The Kier molecular flexibility index (Phi) is 7.10. The van der Waals surface area contributed by atoms with Gasteiger partial charge in [-0.3, -0.25) is 0 Å². The summed E-state index contributed by atoms with van der Waals surface area (Å²) in [5, 5.41) is 6.15. The van der Waals surface area contributed by atoms with E-state index < -0.39 is 17.5 Å². The Bertz CT molecular complexity index is 503. The zero-order valence-corrected chi connectivity index (χ0v) is 14.3. The van der Waals surface area contributed by atoms with Crippen LogP contribution in [0.15, 0.2) is 18.2 Å². The lowest BCUT2D eigenvalue weighted by Crippen LogP contribution is -2.43. The molecule has 0 aliphatic heterocycles. The molecule has 1 unspecified atom stereocenters. The minimum atomic E-state index is -0.513. The minimum absolute atomic E-state index is 0.0363. The molecule has 0 spiro atoms. The highest BCUT2D eigenvalue weighted by molar-refractivity contribution is 6.30. The van der Waals surface area contributed by atoms with Gasteiger partial charge in [-0.05, 0) is 44.9 Å². The highest BCUT2D eigenvalue weighted by Gasteiger charge is 2.18. The lowest BCUT2D eigenvalue weighted by atomic mass is 10.2. The van der Waals surface area contributed by atoms with Crippen molar-refractivity contribution in [2.24, 2.45) is 0 Å². The van der Waals surface area contributed by atoms with E-state index in [4.69, 9.17) is 16.3 Å². The summed E-state index contributed by atoms with van der Waals surface area (Å²) in [6, 6.07) is 4.57. The third-order valence-corrected chi connectivity index (χ3v) is 3.21. The standard InChI is InChI=1S/C16H24ClFN2O2/c1-5-12(20-15(21)22-16(2,3)4)10-19-9-11-6-7-14(18)13(17)8-11/h6-8,12,19H,5,9-10H2,1-4H3,(H,20,21). The van der Waals surface area contributed by atoms with Crippen molar-refractivity contribution in [3.8, 4) is 0 Å². The molecule has 1 amide bonds. The quantitative estimate of drug-likeness (QED) is 0.832. The first-order valence-corrected chi connectivity index (χ1v) is 7.73. The normalized spacial score (nSPS) is 12.8. The molecule has 2 N–H and O–H groups in total. The van der Waals surface area contributed by atoms with Gasteiger partial charge in [-0.2, -0.15) is 0 Å². The maximum Gasteiger partial charge on any atom is 0.407 e. The zero-order valence-electron chi connectivity index (χ0n) is 13.5. The molecule has 1 aromatic carbocycles. The first-order valence-electron chi connectivity index (χ1n) is 7.35. The van der Waals surface area contributed by atoms with Crippen LogP contribution in [-0.4, -0.2) is 24.3 Å². The van der Waals surface area contributed by atoms with Crippen LogP contribution in [-0.2, 0) is 11.3 Å². The van der Waals surface area contributed by atoms with Crippen LogP contribution in [0.25, 0.3) is 0 Å². The van der Waals surface area contributed by atoms with Crippen LogP contribution in [0, 0.1) is 5.82 Å². The van der Waals surface area contributed by atoms with Gasteiger partial charge in [-0.25, -0.2) is 9.18 Å². The highest BCUT2D eigenvalue weighted by Crippen LogP contribution is 2.15. The average molecular weight is 331 g/mol. The van der Waals surface area contributed by atoms with Crippen LogP contribution in [0.2, 0.25) is 5.02 Å². The van der Waals surface area contributed by atoms with Gasteiger partial charge < -0.3 is 15.4 Å². The van der Waals surface area contributed by atoms with Crippen molar-refractivity contribution in [3.63, 3.8) is 0 Å². The number of rotatable bonds is 6. The molecule has 0 fully saturated rings. The number of benzene rings is 1. The van der Waals surface area contributed by atoms with E-state index in [-0.39, 0.29) is 11.1 Å². The number of hydrogen-bond acceptors (Lipinski definition) is 3. The number of alkyl carbamates (subject to hydrolysis) is 1. The van der Waals surface area contributed by atoms with Gasteiger partial charge >= 0.3 is 6.09 Å². The predicted octanol–water partition coefficient (Wildman–Crippen LogP) is 3.87. The van der Waals surface area contributed by atoms with Gasteiger partial charge in [0.2, 0.25) is 0 Å². The molecule has 0 aliphatic rings. The van der Waals surface area contributed by atoms with Crippen LogP contribution >= 0.6 is 11.6 Å². The molecule has 0 bridgehead atoms. The molecule has 0 saturated heterocycles. The van der Waals surface area contributed by atoms with Gasteiger partial charge in [0.25, 0.3) is 0 Å². The third kappa shape index (κ3) is 7.09. The van der Waals surface area contributed by atoms with Gasteiger partial charge in [0, 0.05) is 19.1 Å². The third-order valence-electron chi connectivity index (χ3n) is 2.92. The fourth-order valence-corrected chi connectivity index (χ4v) is 2.02. The van der Waals surface area contributed by atoms with E-state index in [9.17, 15) is 9.18 Å². The number of halogens is 2. The van der Waals surface area contributed by atoms with E-state index in [0.29, 0.717) is 13.1 Å². The number of ether oxygens (including phenoxy) is 1. The van der Waals surface area contributed by atoms with Crippen molar-refractivity contribution < 1.29 is 13.9 Å². The number of amides is 1. The van der Waals surface area contributed by atoms with Crippen molar-refractivity contribution in [3.05, 3.63) is 34.6 Å². The predicted molar refractivity (Wildman–Crippen MR) is 86.6 cm³/mol. The van der Waals surface area contributed by atoms with Crippen LogP contribution in [0.5, 0.6) is 0 Å². The van der Waals surface area contributed by atoms with E-state index in [2.05, 4.69) is 10.6 Å². The second kappa shape index (κ2) is 8.34. The molecule has 0 aliphatic carbocycles. The summed E-state index contributed by atoms with van der Waals surface area (Å²) in [6.07, 6.45) is 0.349. The average Bonchev–Trinajstić information content (AvgIpc) is 2.39. The zero-order chi connectivity index (χ0) is 16.8. The lowest BCUT2D eigenvalue weighted by molar-refractivity contribution is 0.0502. The van der Waals surface area contributed by atoms with Gasteiger partial charge in [-0.1, -0.05) is 24.6 Å². The first-order chi connectivity index (χ1) is 10.2. The van der Waals surface area contributed by atoms with Crippen molar-refractivity contribution in [1.29, 1.82) is 0 Å². The fourth-order valence-electron chi connectivity index (χ4n) is 1.81. The molecule has 1 atom stereocenters. The summed E-state index contributed by atoms with van der Waals surface area (Å²) < 4.78 is 18.3. The van der Waals surface area contributed by atoms with Gasteiger partial charge in [0.15, 0.2) is 0 Å². The van der Waals surface area contributed by atoms with Crippen LogP contribution in [0.4, 0.5) is 9.18 Å². The van der Waals surface area contributed by atoms with E-state index in [1.165, 1.54) is 6.07 Å². The van der Waals surface area contributed by atoms with E-state index in [1.807, 2.05) is 27.7 Å². The molecule has 0 radical (unpaired) electrons. The van der Waals surface area contributed by atoms with Gasteiger partial charge in [0.05, 0.1) is 5.02 Å². The first kappa shape index (κ1) is 18.7. The number of carbonyl (C=O) groups excluding carboxylic acids is 1. The Hall–Kier alpha value is -1.33. The molecule has 0 heterocycles. The van der Waals surface area contributed by atoms with Crippen LogP contribution < -0.4 is 10.6 Å². The molecule has 0 saturated carbocycles. The van der Waals surface area contributed by atoms with Crippen molar-refractivity contribution in [2.75, 3.05) is 6.54 Å². The van der Waals surface area contributed by atoms with Crippen LogP contribution in [0.3, 0.4) is 0 Å². The van der Waals surface area contributed by atoms with Crippen molar-refractivity contribution >= 4 is 17.7 Å². The van der Waals surface area contributed by atoms with Crippen LogP contribution in [0.1, 0.15) is 39.7 Å². The molecular weight excluding hydrogens is 307 g/mol. The molecule has 1 aromatic rings. The van der Waals surface area contributed by atoms with E-state index in [0.717, 1.165) is 12.0 Å². The summed E-state index contributed by atoms with van der Waals surface area (Å²) >= 11 is 5.74. The Morgan fingerprint density at radius 3 is 2.64 bits per heavy atom. The monoisotopic (exact) mass is 330 g/mol. The summed E-state index contributed by atoms with van der Waals surface area (Å²) in [6.45, 7) is 8.59. The molecule has 0 aromatic heterocycles. The fraction of sp³-hybridized carbons (Fsp3) is 0.562. The summed E-state index contributed by atoms with van der Waals surface area (Å²) in [4.78, 5) is 11.7. The number of nitrogens with one attached hydrogen (secondary N) is 2. The molecule has 6 heteroatoms. The summed E-state index contributed by atoms with van der Waals surface area (Å²) in [7, 11) is 0. The Morgan fingerprint density at radius 1 is 1.41 bits per heavy atom. The largest absolute Gasteiger partial charge is 0.444 e. The maximum absolute atomic E-state index is 13.1. The van der Waals surface area contributed by atoms with Gasteiger partial charge in [0.1, 0.15) is 11.4 Å². The highest BCUT2D eigenvalue weighted by atomic mass is 35.5. The summed E-state index contributed by atoms with van der Waals surface area (Å²) in [5.74, 6) is -0.427. The topological polar surface area (TPSA) is 50.4 Å². The smallest absolute Gasteiger partial charge is 0.407 e. The van der Waals surface area contributed by atoms with Crippen molar-refractivity contribution in [1.82, 2.24) is 10.6 Å². The summed E-state index contributed by atoms with van der Waals surface area (Å²) in [5.41, 5.74) is 0.374. The molecule has 1 rings (SSSR count). The molecule has 22 heavy (non-hydrogen) atoms. The number of carbonyl (C=O) groups is 1. The Balaban J connectivity index is 2.40.